The summed E-state index contributed by atoms with van der Waals surface area (Å²) >= 11 is 6.32. The number of alkyl halides is 2. The average Bonchev–Trinajstić information content (AvgIpc) is 2.97. The topological polar surface area (TPSA) is 40.5 Å². The van der Waals surface area contributed by atoms with Gasteiger partial charge < -0.3 is 10.0 Å². The van der Waals surface area contributed by atoms with E-state index in [1.54, 1.807) is 68.7 Å². The first-order valence-corrected chi connectivity index (χ1v) is 10.2. The molecule has 0 bridgehead atoms. The van der Waals surface area contributed by atoms with Crippen LogP contribution in [0.4, 0.5) is 8.78 Å². The zero-order chi connectivity index (χ0) is 21.8. The van der Waals surface area contributed by atoms with Crippen LogP contribution in [0.3, 0.4) is 0 Å². The minimum absolute atomic E-state index is 0.130. The van der Waals surface area contributed by atoms with Crippen LogP contribution in [0.1, 0.15) is 21.5 Å². The van der Waals surface area contributed by atoms with Gasteiger partial charge in [0.05, 0.1) is 10.6 Å². The van der Waals surface area contributed by atoms with Crippen molar-refractivity contribution in [1.82, 2.24) is 4.90 Å². The fourth-order valence-electron chi connectivity index (χ4n) is 3.90. The molecule has 0 radical (unpaired) electrons. The van der Waals surface area contributed by atoms with Crippen molar-refractivity contribution in [3.8, 4) is 22.3 Å². The molecule has 4 rings (SSSR count). The molecular formula is C23H19ClF2NO2P. The fraction of sp³-hybridized carbons (Fsp3) is 0.174. The molecule has 2 atom stereocenters. The van der Waals surface area contributed by atoms with Crippen LogP contribution in [0.2, 0.25) is 5.02 Å². The molecular weight excluding hydrogens is 427 g/mol. The van der Waals surface area contributed by atoms with Crippen molar-refractivity contribution in [2.24, 2.45) is 0 Å². The lowest BCUT2D eigenvalue weighted by atomic mass is 9.89. The summed E-state index contributed by atoms with van der Waals surface area (Å²) < 4.78 is 29.3. The quantitative estimate of drug-likeness (QED) is 0.549. The third kappa shape index (κ3) is 3.04. The maximum absolute atomic E-state index is 14.6. The number of carbonyl (C=O) groups is 1. The van der Waals surface area contributed by atoms with Crippen LogP contribution in [0.15, 0.2) is 60.7 Å². The zero-order valence-electron chi connectivity index (χ0n) is 16.3. The highest BCUT2D eigenvalue weighted by Gasteiger charge is 2.56. The van der Waals surface area contributed by atoms with Gasteiger partial charge >= 0.3 is 0 Å². The third-order valence-corrected chi connectivity index (χ3v) is 6.17. The first-order valence-electron chi connectivity index (χ1n) is 9.20. The van der Waals surface area contributed by atoms with E-state index in [4.69, 9.17) is 11.6 Å². The third-order valence-electron chi connectivity index (χ3n) is 5.44. The van der Waals surface area contributed by atoms with Crippen molar-refractivity contribution >= 4 is 26.7 Å². The molecule has 1 aliphatic rings. The Morgan fingerprint density at radius 3 is 2.23 bits per heavy atom. The molecule has 7 heteroatoms. The second-order valence-electron chi connectivity index (χ2n) is 7.53. The molecule has 0 saturated heterocycles. The van der Waals surface area contributed by atoms with Gasteiger partial charge in [-0.1, -0.05) is 63.3 Å². The first-order chi connectivity index (χ1) is 14.1. The lowest BCUT2D eigenvalue weighted by molar-refractivity contribution is -0.0963. The summed E-state index contributed by atoms with van der Waals surface area (Å²) in [5.41, 5.74) is -2.89. The standard InChI is InChI=1S/C23H19ClF2NO2P/c1-27(2)21(28)17-10-8-14(12-20(17)24)13-7-9-16-15-5-3-4-6-18(15)22(29,19(16)11-13)23(25,26)30/h3-12,29H,30H2,1-2H3. The number of carbonyl (C=O) groups excluding carboxylic acids is 1. The van der Waals surface area contributed by atoms with Crippen molar-refractivity contribution in [2.45, 2.75) is 11.3 Å². The molecule has 0 aliphatic heterocycles. The van der Waals surface area contributed by atoms with Gasteiger partial charge in [0.2, 0.25) is 0 Å². The van der Waals surface area contributed by atoms with Crippen molar-refractivity contribution in [1.29, 1.82) is 0 Å². The first kappa shape index (κ1) is 20.9. The van der Waals surface area contributed by atoms with Crippen LogP contribution in [0.5, 0.6) is 0 Å². The molecule has 0 aromatic heterocycles. The van der Waals surface area contributed by atoms with Crippen molar-refractivity contribution in [3.63, 3.8) is 0 Å². The molecule has 3 aromatic rings. The number of rotatable bonds is 3. The number of benzene rings is 3. The van der Waals surface area contributed by atoms with Crippen LogP contribution >= 0.6 is 20.8 Å². The van der Waals surface area contributed by atoms with Crippen LogP contribution in [0.25, 0.3) is 22.3 Å². The van der Waals surface area contributed by atoms with Crippen molar-refractivity contribution < 1.29 is 18.7 Å². The van der Waals surface area contributed by atoms with E-state index in [0.717, 1.165) is 0 Å². The summed E-state index contributed by atoms with van der Waals surface area (Å²) in [6.07, 6.45) is 0. The monoisotopic (exact) mass is 445 g/mol. The van der Waals surface area contributed by atoms with Crippen LogP contribution in [-0.2, 0) is 5.60 Å². The second-order valence-corrected chi connectivity index (χ2v) is 8.67. The summed E-state index contributed by atoms with van der Waals surface area (Å²) in [6, 6.07) is 16.7. The highest BCUT2D eigenvalue weighted by molar-refractivity contribution is 7.18. The second kappa shape index (κ2) is 7.12. The summed E-state index contributed by atoms with van der Waals surface area (Å²) in [4.78, 5) is 13.6. The number of amides is 1. The number of hydrogen-bond donors (Lipinski definition) is 1. The Morgan fingerprint density at radius 2 is 1.60 bits per heavy atom. The van der Waals surface area contributed by atoms with Gasteiger partial charge in [-0.3, -0.25) is 4.79 Å². The Labute approximate surface area is 180 Å². The molecule has 30 heavy (non-hydrogen) atoms. The number of nitrogens with zero attached hydrogens (tertiary/aromatic N) is 1. The number of aliphatic hydroxyl groups is 1. The summed E-state index contributed by atoms with van der Waals surface area (Å²) in [5, 5.41) is 11.5. The summed E-state index contributed by atoms with van der Waals surface area (Å²) in [6.45, 7) is 0. The maximum Gasteiger partial charge on any atom is 0.295 e. The molecule has 1 amide bonds. The maximum atomic E-state index is 14.6. The lowest BCUT2D eigenvalue weighted by Gasteiger charge is -2.31. The molecule has 3 aromatic carbocycles. The molecule has 154 valence electrons. The minimum atomic E-state index is -3.48. The highest BCUT2D eigenvalue weighted by atomic mass is 35.5. The van der Waals surface area contributed by atoms with Crippen LogP contribution < -0.4 is 0 Å². The van der Waals surface area contributed by atoms with Crippen LogP contribution in [-0.4, -0.2) is 35.7 Å². The highest BCUT2D eigenvalue weighted by Crippen LogP contribution is 2.57. The number of halogens is 3. The zero-order valence-corrected chi connectivity index (χ0v) is 18.2. The van der Waals surface area contributed by atoms with Gasteiger partial charge in [-0.25, -0.2) is 0 Å². The van der Waals surface area contributed by atoms with E-state index in [-0.39, 0.29) is 22.1 Å². The summed E-state index contributed by atoms with van der Waals surface area (Å²) in [7, 11) is 4.73. The fourth-order valence-corrected chi connectivity index (χ4v) is 4.48. The van der Waals surface area contributed by atoms with Gasteiger partial charge in [0.1, 0.15) is 0 Å². The lowest BCUT2D eigenvalue weighted by Crippen LogP contribution is -2.40. The Hall–Kier alpha value is -2.33. The number of fused-ring (bicyclic) bond motifs is 3. The Bertz CT molecular complexity index is 1180. The van der Waals surface area contributed by atoms with Crippen LogP contribution in [0, 0.1) is 0 Å². The van der Waals surface area contributed by atoms with Crippen molar-refractivity contribution in [2.75, 3.05) is 14.1 Å². The predicted molar refractivity (Wildman–Crippen MR) is 118 cm³/mol. The van der Waals surface area contributed by atoms with E-state index >= 15 is 0 Å². The van der Waals surface area contributed by atoms with E-state index in [1.165, 1.54) is 20.2 Å². The van der Waals surface area contributed by atoms with E-state index in [2.05, 4.69) is 0 Å². The Kier molecular flexibility index (Phi) is 4.97. The largest absolute Gasteiger partial charge is 0.374 e. The van der Waals surface area contributed by atoms with Crippen molar-refractivity contribution in [3.05, 3.63) is 82.4 Å². The van der Waals surface area contributed by atoms with Gasteiger partial charge in [-0.15, -0.1) is 0 Å². The molecule has 0 fully saturated rings. The normalized spacial score (nSPS) is 17.4. The summed E-state index contributed by atoms with van der Waals surface area (Å²) in [5.74, 6) is -0.229. The van der Waals surface area contributed by atoms with Gasteiger partial charge in [0, 0.05) is 25.2 Å². The van der Waals surface area contributed by atoms with E-state index in [9.17, 15) is 18.7 Å². The van der Waals surface area contributed by atoms with Gasteiger partial charge in [0.15, 0.2) is 5.60 Å². The van der Waals surface area contributed by atoms with Gasteiger partial charge in [-0.2, -0.15) is 8.78 Å². The van der Waals surface area contributed by atoms with E-state index < -0.39 is 11.3 Å². The van der Waals surface area contributed by atoms with E-state index in [1.807, 2.05) is 0 Å². The molecule has 0 saturated carbocycles. The molecule has 3 nitrogen and oxygen atoms in total. The average molecular weight is 446 g/mol. The molecule has 1 N–H and O–H groups in total. The SMILES string of the molecule is CN(C)C(=O)c1ccc(-c2ccc3c(c2)C(O)(C(F)(F)P)c2ccccc2-3)cc1Cl. The number of hydrogen-bond acceptors (Lipinski definition) is 2. The molecule has 0 heterocycles. The van der Waals surface area contributed by atoms with Gasteiger partial charge in [-0.05, 0) is 40.5 Å². The Morgan fingerprint density at radius 1 is 1.00 bits per heavy atom. The van der Waals surface area contributed by atoms with E-state index in [0.29, 0.717) is 27.8 Å². The predicted octanol–water partition coefficient (Wildman–Crippen LogP) is 5.39. The molecule has 2 unspecified atom stereocenters. The molecule has 0 spiro atoms. The van der Waals surface area contributed by atoms with Gasteiger partial charge in [0.25, 0.3) is 11.6 Å². The molecule has 1 aliphatic carbocycles. The Balaban J connectivity index is 1.86. The minimum Gasteiger partial charge on any atom is -0.374 e. The smallest absolute Gasteiger partial charge is 0.295 e.